The number of ether oxygens (including phenoxy) is 2. The molecule has 0 aromatic heterocycles. The Morgan fingerprint density at radius 2 is 1.68 bits per heavy atom. The standard InChI is InChI=1S/C11H15NO7/c1-2-3-10(15)17-6-7-18-11(16)19-12-8(13)4-5-9(12)14/h2-7H2,1H3. The highest BCUT2D eigenvalue weighted by atomic mass is 16.8. The van der Waals surface area contributed by atoms with Crippen LogP contribution in [0.3, 0.4) is 0 Å². The molecule has 1 rings (SSSR count). The van der Waals surface area contributed by atoms with Crippen LogP contribution in [0.4, 0.5) is 4.79 Å². The Morgan fingerprint density at radius 3 is 2.26 bits per heavy atom. The third kappa shape index (κ3) is 4.94. The molecule has 1 fully saturated rings. The summed E-state index contributed by atoms with van der Waals surface area (Å²) in [5.74, 6) is -1.56. The number of carbonyl (C=O) groups is 4. The van der Waals surface area contributed by atoms with Crippen molar-refractivity contribution in [1.29, 1.82) is 0 Å². The normalized spacial score (nSPS) is 14.5. The molecule has 0 atom stereocenters. The van der Waals surface area contributed by atoms with Crippen molar-refractivity contribution < 1.29 is 33.5 Å². The molecule has 0 spiro atoms. The van der Waals surface area contributed by atoms with Crippen LogP contribution in [0.5, 0.6) is 0 Å². The van der Waals surface area contributed by atoms with Crippen LogP contribution < -0.4 is 0 Å². The van der Waals surface area contributed by atoms with Crippen LogP contribution in [0.2, 0.25) is 0 Å². The predicted molar refractivity (Wildman–Crippen MR) is 59.4 cm³/mol. The van der Waals surface area contributed by atoms with Crippen LogP contribution >= 0.6 is 0 Å². The van der Waals surface area contributed by atoms with E-state index in [1.807, 2.05) is 6.92 Å². The van der Waals surface area contributed by atoms with Gasteiger partial charge in [-0.3, -0.25) is 19.2 Å². The van der Waals surface area contributed by atoms with Gasteiger partial charge in [-0.15, -0.1) is 0 Å². The Kier molecular flexibility index (Phi) is 5.77. The van der Waals surface area contributed by atoms with Gasteiger partial charge >= 0.3 is 12.1 Å². The summed E-state index contributed by atoms with van der Waals surface area (Å²) in [6, 6.07) is 0. The summed E-state index contributed by atoms with van der Waals surface area (Å²) in [7, 11) is 0. The predicted octanol–water partition coefficient (Wildman–Crippen LogP) is 0.547. The van der Waals surface area contributed by atoms with Gasteiger partial charge in [0.15, 0.2) is 0 Å². The van der Waals surface area contributed by atoms with E-state index in [9.17, 15) is 19.2 Å². The molecule has 0 saturated carbocycles. The van der Waals surface area contributed by atoms with E-state index in [-0.39, 0.29) is 32.0 Å². The van der Waals surface area contributed by atoms with Gasteiger partial charge in [0.25, 0.3) is 11.8 Å². The third-order valence-electron chi connectivity index (χ3n) is 2.19. The van der Waals surface area contributed by atoms with Crippen molar-refractivity contribution in [2.45, 2.75) is 32.6 Å². The number of rotatable bonds is 6. The molecule has 0 radical (unpaired) electrons. The first kappa shape index (κ1) is 14.9. The fourth-order valence-electron chi connectivity index (χ4n) is 1.32. The van der Waals surface area contributed by atoms with Crippen LogP contribution in [0, 0.1) is 0 Å². The minimum atomic E-state index is -1.19. The Morgan fingerprint density at radius 1 is 1.11 bits per heavy atom. The highest BCUT2D eigenvalue weighted by Gasteiger charge is 2.33. The Bertz CT molecular complexity index is 363. The Balaban J connectivity index is 2.16. The van der Waals surface area contributed by atoms with Crippen molar-refractivity contribution in [3.63, 3.8) is 0 Å². The molecule has 1 saturated heterocycles. The molecule has 1 aliphatic rings. The minimum Gasteiger partial charge on any atom is -0.462 e. The van der Waals surface area contributed by atoms with Crippen LogP contribution in [-0.4, -0.2) is 42.2 Å². The van der Waals surface area contributed by atoms with Gasteiger partial charge in [-0.1, -0.05) is 12.0 Å². The smallest absolute Gasteiger partial charge is 0.462 e. The SMILES string of the molecule is CCCC(=O)OCCOC(=O)ON1C(=O)CCC1=O. The molecule has 0 N–H and O–H groups in total. The minimum absolute atomic E-state index is 0.0146. The molecule has 1 aliphatic heterocycles. The number of nitrogens with zero attached hydrogens (tertiary/aromatic N) is 1. The molecule has 0 aromatic rings. The molecule has 2 amide bonds. The number of hydroxylamine groups is 2. The Hall–Kier alpha value is -2.12. The van der Waals surface area contributed by atoms with Gasteiger partial charge in [-0.25, -0.2) is 4.79 Å². The fourth-order valence-corrected chi connectivity index (χ4v) is 1.32. The number of imide groups is 1. The molecule has 8 heteroatoms. The molecule has 0 aliphatic carbocycles. The lowest BCUT2D eigenvalue weighted by Crippen LogP contribution is -2.32. The van der Waals surface area contributed by atoms with E-state index in [0.717, 1.165) is 0 Å². The lowest BCUT2D eigenvalue weighted by atomic mass is 10.3. The average molecular weight is 273 g/mol. The molecule has 1 heterocycles. The highest BCUT2D eigenvalue weighted by molar-refractivity contribution is 6.01. The molecule has 0 unspecified atom stereocenters. The van der Waals surface area contributed by atoms with Gasteiger partial charge in [0, 0.05) is 19.3 Å². The van der Waals surface area contributed by atoms with E-state index in [4.69, 9.17) is 4.74 Å². The molecular formula is C11H15NO7. The lowest BCUT2D eigenvalue weighted by Gasteiger charge is -2.12. The zero-order valence-corrected chi connectivity index (χ0v) is 10.5. The van der Waals surface area contributed by atoms with Crippen molar-refractivity contribution in [3.05, 3.63) is 0 Å². The Labute approximate surface area is 109 Å². The number of esters is 1. The maximum absolute atomic E-state index is 11.1. The second kappa shape index (κ2) is 7.34. The summed E-state index contributed by atoms with van der Waals surface area (Å²) in [6.07, 6.45) is -0.195. The van der Waals surface area contributed by atoms with E-state index >= 15 is 0 Å². The highest BCUT2D eigenvalue weighted by Crippen LogP contribution is 2.12. The van der Waals surface area contributed by atoms with Crippen molar-refractivity contribution in [2.24, 2.45) is 0 Å². The number of amides is 2. The van der Waals surface area contributed by atoms with E-state index in [1.54, 1.807) is 0 Å². The molecule has 0 bridgehead atoms. The van der Waals surface area contributed by atoms with E-state index in [1.165, 1.54) is 0 Å². The third-order valence-corrected chi connectivity index (χ3v) is 2.19. The van der Waals surface area contributed by atoms with Gasteiger partial charge in [0.05, 0.1) is 0 Å². The summed E-state index contributed by atoms with van der Waals surface area (Å²) >= 11 is 0. The summed E-state index contributed by atoms with van der Waals surface area (Å²) in [5, 5.41) is 0.380. The first-order chi connectivity index (χ1) is 9.04. The molecule has 8 nitrogen and oxygen atoms in total. The van der Waals surface area contributed by atoms with Gasteiger partial charge in [0.1, 0.15) is 13.2 Å². The summed E-state index contributed by atoms with van der Waals surface area (Å²) < 4.78 is 9.27. The molecular weight excluding hydrogens is 258 g/mol. The lowest BCUT2D eigenvalue weighted by molar-refractivity contribution is -0.177. The van der Waals surface area contributed by atoms with Gasteiger partial charge < -0.3 is 9.47 Å². The number of hydrogen-bond donors (Lipinski definition) is 0. The van der Waals surface area contributed by atoms with Gasteiger partial charge in [0.2, 0.25) is 0 Å². The fraction of sp³-hybridized carbons (Fsp3) is 0.636. The average Bonchev–Trinajstić information content (AvgIpc) is 2.67. The van der Waals surface area contributed by atoms with E-state index in [2.05, 4.69) is 9.57 Å². The second-order valence-electron chi connectivity index (χ2n) is 3.74. The van der Waals surface area contributed by atoms with Crippen molar-refractivity contribution >= 4 is 23.9 Å². The first-order valence-electron chi connectivity index (χ1n) is 5.90. The van der Waals surface area contributed by atoms with Crippen molar-refractivity contribution in [1.82, 2.24) is 5.06 Å². The van der Waals surface area contributed by atoms with Gasteiger partial charge in [-0.05, 0) is 6.42 Å². The quantitative estimate of drug-likeness (QED) is 0.395. The maximum atomic E-state index is 11.1. The second-order valence-corrected chi connectivity index (χ2v) is 3.74. The van der Waals surface area contributed by atoms with E-state index in [0.29, 0.717) is 17.9 Å². The molecule has 19 heavy (non-hydrogen) atoms. The monoisotopic (exact) mass is 273 g/mol. The zero-order chi connectivity index (χ0) is 14.3. The van der Waals surface area contributed by atoms with Crippen LogP contribution in [0.15, 0.2) is 0 Å². The van der Waals surface area contributed by atoms with Crippen LogP contribution in [0.25, 0.3) is 0 Å². The van der Waals surface area contributed by atoms with Crippen LogP contribution in [0.1, 0.15) is 32.6 Å². The van der Waals surface area contributed by atoms with Crippen molar-refractivity contribution in [3.8, 4) is 0 Å². The maximum Gasteiger partial charge on any atom is 0.534 e. The molecule has 0 aromatic carbocycles. The van der Waals surface area contributed by atoms with E-state index < -0.39 is 18.0 Å². The van der Waals surface area contributed by atoms with Gasteiger partial charge in [-0.2, -0.15) is 0 Å². The number of hydrogen-bond acceptors (Lipinski definition) is 7. The molecule has 106 valence electrons. The topological polar surface area (TPSA) is 99.2 Å². The van der Waals surface area contributed by atoms with Crippen molar-refractivity contribution in [2.75, 3.05) is 13.2 Å². The summed E-state index contributed by atoms with van der Waals surface area (Å²) in [6.45, 7) is 1.53. The van der Waals surface area contributed by atoms with Crippen LogP contribution in [-0.2, 0) is 28.7 Å². The first-order valence-corrected chi connectivity index (χ1v) is 5.90. The summed E-state index contributed by atoms with van der Waals surface area (Å²) in [5.41, 5.74) is 0. The number of carbonyl (C=O) groups excluding carboxylic acids is 4. The largest absolute Gasteiger partial charge is 0.534 e. The zero-order valence-electron chi connectivity index (χ0n) is 10.5. The summed E-state index contributed by atoms with van der Waals surface area (Å²) in [4.78, 5) is 48.7.